The molecule has 2 aromatic rings. The van der Waals surface area contributed by atoms with Crippen molar-refractivity contribution >= 4 is 22.9 Å². The lowest BCUT2D eigenvalue weighted by atomic mass is 10.2. The maximum atomic E-state index is 13.8. The molecule has 5 heteroatoms. The highest BCUT2D eigenvalue weighted by Crippen LogP contribution is 2.22. The quantitative estimate of drug-likeness (QED) is 0.886. The number of carbonyl (C=O) groups is 1. The Morgan fingerprint density at radius 3 is 2.86 bits per heavy atom. The molecule has 0 aliphatic heterocycles. The van der Waals surface area contributed by atoms with Gasteiger partial charge in [0.15, 0.2) is 0 Å². The Morgan fingerprint density at radius 2 is 2.19 bits per heavy atom. The predicted molar refractivity (Wildman–Crippen MR) is 84.0 cm³/mol. The van der Waals surface area contributed by atoms with Crippen molar-refractivity contribution in [3.05, 3.63) is 52.0 Å². The minimum atomic E-state index is -0.411. The van der Waals surface area contributed by atoms with Crippen molar-refractivity contribution in [1.82, 2.24) is 0 Å². The number of benzene rings is 1. The predicted octanol–water partition coefficient (Wildman–Crippen LogP) is 2.86. The Hall–Kier alpha value is -2.16. The van der Waals surface area contributed by atoms with Gasteiger partial charge in [0, 0.05) is 11.9 Å². The summed E-state index contributed by atoms with van der Waals surface area (Å²) in [5.41, 5.74) is 6.11. The first kappa shape index (κ1) is 15.2. The van der Waals surface area contributed by atoms with Crippen molar-refractivity contribution in [2.75, 3.05) is 18.0 Å². The van der Waals surface area contributed by atoms with Crippen LogP contribution in [0.15, 0.2) is 35.7 Å². The lowest BCUT2D eigenvalue weighted by Gasteiger charge is -2.20. The molecule has 1 aromatic carbocycles. The van der Waals surface area contributed by atoms with E-state index < -0.39 is 5.82 Å². The van der Waals surface area contributed by atoms with Crippen LogP contribution >= 0.6 is 11.3 Å². The Kier molecular flexibility index (Phi) is 5.09. The topological polar surface area (TPSA) is 46.3 Å². The van der Waals surface area contributed by atoms with Gasteiger partial charge in [-0.05, 0) is 25.1 Å². The zero-order chi connectivity index (χ0) is 15.2. The van der Waals surface area contributed by atoms with Crippen molar-refractivity contribution in [2.24, 2.45) is 5.73 Å². The van der Waals surface area contributed by atoms with E-state index in [1.54, 1.807) is 29.6 Å². The molecule has 0 radical (unpaired) electrons. The van der Waals surface area contributed by atoms with Crippen molar-refractivity contribution in [3.63, 3.8) is 0 Å². The average Bonchev–Trinajstić information content (AvgIpc) is 2.96. The van der Waals surface area contributed by atoms with Crippen molar-refractivity contribution in [3.8, 4) is 11.8 Å². The van der Waals surface area contributed by atoms with E-state index in [9.17, 15) is 9.18 Å². The van der Waals surface area contributed by atoms with Crippen LogP contribution < -0.4 is 10.6 Å². The van der Waals surface area contributed by atoms with Gasteiger partial charge in [-0.2, -0.15) is 0 Å². The summed E-state index contributed by atoms with van der Waals surface area (Å²) in [6, 6.07) is 7.96. The minimum absolute atomic E-state index is 0.236. The number of rotatable bonds is 3. The number of para-hydroxylation sites is 1. The number of nitrogens with two attached hydrogens (primary N) is 1. The van der Waals surface area contributed by atoms with E-state index in [4.69, 9.17) is 5.73 Å². The van der Waals surface area contributed by atoms with Gasteiger partial charge < -0.3 is 10.6 Å². The standard InChI is InChI=1S/C16H15FN2OS/c1-2-19(15-8-4-3-7-14(15)17)16(20)12-10-13(21-11-12)6-5-9-18/h3-4,7-8,10-11H,2,9,18H2,1H3. The molecule has 2 rings (SSSR count). The molecule has 0 atom stereocenters. The van der Waals surface area contributed by atoms with E-state index >= 15 is 0 Å². The zero-order valence-corrected chi connectivity index (χ0v) is 12.4. The van der Waals surface area contributed by atoms with Gasteiger partial charge >= 0.3 is 0 Å². The van der Waals surface area contributed by atoms with E-state index in [1.807, 2.05) is 6.92 Å². The molecule has 0 aliphatic rings. The second-order valence-corrected chi connectivity index (χ2v) is 5.12. The van der Waals surface area contributed by atoms with Gasteiger partial charge in [0.1, 0.15) is 5.82 Å². The summed E-state index contributed by atoms with van der Waals surface area (Å²) in [6.07, 6.45) is 0. The lowest BCUT2D eigenvalue weighted by Crippen LogP contribution is -2.31. The van der Waals surface area contributed by atoms with E-state index in [0.29, 0.717) is 12.1 Å². The lowest BCUT2D eigenvalue weighted by molar-refractivity contribution is 0.0988. The van der Waals surface area contributed by atoms with Crippen LogP contribution in [0.3, 0.4) is 0 Å². The van der Waals surface area contributed by atoms with Gasteiger partial charge in [-0.15, -0.1) is 11.3 Å². The van der Waals surface area contributed by atoms with E-state index in [2.05, 4.69) is 11.8 Å². The molecule has 1 heterocycles. The van der Waals surface area contributed by atoms with Crippen LogP contribution in [0.25, 0.3) is 0 Å². The van der Waals surface area contributed by atoms with Crippen LogP contribution in [0.1, 0.15) is 22.2 Å². The Bertz CT molecular complexity index is 700. The Labute approximate surface area is 127 Å². The number of anilines is 1. The number of amides is 1. The average molecular weight is 302 g/mol. The number of carbonyl (C=O) groups excluding carboxylic acids is 1. The van der Waals surface area contributed by atoms with Crippen LogP contribution in [0.4, 0.5) is 10.1 Å². The molecular formula is C16H15FN2OS. The zero-order valence-electron chi connectivity index (χ0n) is 11.6. The molecule has 0 saturated heterocycles. The summed E-state index contributed by atoms with van der Waals surface area (Å²) in [7, 11) is 0. The fourth-order valence-electron chi connectivity index (χ4n) is 1.90. The van der Waals surface area contributed by atoms with E-state index in [0.717, 1.165) is 4.88 Å². The maximum Gasteiger partial charge on any atom is 0.259 e. The molecule has 0 saturated carbocycles. The van der Waals surface area contributed by atoms with Crippen molar-refractivity contribution in [2.45, 2.75) is 6.92 Å². The van der Waals surface area contributed by atoms with Crippen molar-refractivity contribution in [1.29, 1.82) is 0 Å². The molecule has 3 nitrogen and oxygen atoms in total. The summed E-state index contributed by atoms with van der Waals surface area (Å²) >= 11 is 1.37. The SMILES string of the molecule is CCN(C(=O)c1csc(C#CCN)c1)c1ccccc1F. The number of hydrogen-bond acceptors (Lipinski definition) is 3. The van der Waals surface area contributed by atoms with Gasteiger partial charge in [0.2, 0.25) is 0 Å². The number of thiophene rings is 1. The Balaban J connectivity index is 2.29. The maximum absolute atomic E-state index is 13.8. The summed E-state index contributed by atoms with van der Waals surface area (Å²) in [6.45, 7) is 2.47. The molecular weight excluding hydrogens is 287 g/mol. The molecule has 0 spiro atoms. The van der Waals surface area contributed by atoms with E-state index in [1.165, 1.54) is 22.3 Å². The molecule has 0 unspecified atom stereocenters. The highest BCUT2D eigenvalue weighted by atomic mass is 32.1. The normalized spacial score (nSPS) is 9.86. The monoisotopic (exact) mass is 302 g/mol. The van der Waals surface area contributed by atoms with Crippen LogP contribution in [-0.4, -0.2) is 19.0 Å². The first-order valence-corrected chi connectivity index (χ1v) is 7.39. The summed E-state index contributed by atoms with van der Waals surface area (Å²) < 4.78 is 13.8. The third kappa shape index (κ3) is 3.48. The molecule has 0 aliphatic carbocycles. The molecule has 0 fully saturated rings. The first-order chi connectivity index (χ1) is 10.2. The largest absolute Gasteiger partial charge is 0.320 e. The Morgan fingerprint density at radius 1 is 1.43 bits per heavy atom. The highest BCUT2D eigenvalue weighted by Gasteiger charge is 2.19. The van der Waals surface area contributed by atoms with Gasteiger partial charge in [0.25, 0.3) is 5.91 Å². The number of hydrogen-bond donors (Lipinski definition) is 1. The van der Waals surface area contributed by atoms with E-state index in [-0.39, 0.29) is 18.1 Å². The minimum Gasteiger partial charge on any atom is -0.320 e. The number of nitrogens with zero attached hydrogens (tertiary/aromatic N) is 1. The molecule has 0 bridgehead atoms. The van der Waals surface area contributed by atoms with Gasteiger partial charge in [-0.25, -0.2) is 4.39 Å². The fraction of sp³-hybridized carbons (Fsp3) is 0.188. The van der Waals surface area contributed by atoms with Gasteiger partial charge in [-0.3, -0.25) is 4.79 Å². The fourth-order valence-corrected chi connectivity index (χ4v) is 2.65. The smallest absolute Gasteiger partial charge is 0.259 e. The number of halogens is 1. The first-order valence-electron chi connectivity index (χ1n) is 6.51. The second-order valence-electron chi connectivity index (χ2n) is 4.21. The molecule has 1 aromatic heterocycles. The molecule has 108 valence electrons. The van der Waals surface area contributed by atoms with Crippen LogP contribution in [0, 0.1) is 17.7 Å². The third-order valence-electron chi connectivity index (χ3n) is 2.86. The molecule has 1 amide bonds. The third-order valence-corrected chi connectivity index (χ3v) is 3.71. The van der Waals surface area contributed by atoms with Crippen LogP contribution in [0.5, 0.6) is 0 Å². The van der Waals surface area contributed by atoms with Crippen molar-refractivity contribution < 1.29 is 9.18 Å². The second kappa shape index (κ2) is 7.02. The van der Waals surface area contributed by atoms with Gasteiger partial charge in [0.05, 0.1) is 22.7 Å². The highest BCUT2D eigenvalue weighted by molar-refractivity contribution is 7.10. The summed E-state index contributed by atoms with van der Waals surface area (Å²) in [5, 5.41) is 1.73. The van der Waals surface area contributed by atoms with Crippen LogP contribution in [0.2, 0.25) is 0 Å². The summed E-state index contributed by atoms with van der Waals surface area (Å²) in [4.78, 5) is 14.7. The molecule has 2 N–H and O–H groups in total. The van der Waals surface area contributed by atoms with Gasteiger partial charge in [-0.1, -0.05) is 24.0 Å². The summed E-state index contributed by atoms with van der Waals surface area (Å²) in [5.74, 6) is 4.98. The molecule has 21 heavy (non-hydrogen) atoms. The van der Waals surface area contributed by atoms with Crippen LogP contribution in [-0.2, 0) is 0 Å².